The summed E-state index contributed by atoms with van der Waals surface area (Å²) in [5.74, 6) is 1.60. The van der Waals surface area contributed by atoms with Crippen LogP contribution in [-0.2, 0) is 0 Å². The molecule has 1 aliphatic rings. The number of nitro groups is 1. The van der Waals surface area contributed by atoms with Crippen LogP contribution in [0.2, 0.25) is 0 Å². The van der Waals surface area contributed by atoms with Crippen LogP contribution in [-0.4, -0.2) is 14.9 Å². The van der Waals surface area contributed by atoms with Crippen LogP contribution in [0.25, 0.3) is 11.3 Å². The highest BCUT2D eigenvalue weighted by atomic mass is 16.6. The van der Waals surface area contributed by atoms with Crippen molar-refractivity contribution >= 4 is 5.69 Å². The van der Waals surface area contributed by atoms with Crippen molar-refractivity contribution in [2.75, 3.05) is 0 Å². The van der Waals surface area contributed by atoms with Gasteiger partial charge in [-0.1, -0.05) is 12.8 Å². The fraction of sp³-hybridized carbons (Fsp3) is 0.357. The van der Waals surface area contributed by atoms with Gasteiger partial charge in [0.05, 0.1) is 16.8 Å². The highest BCUT2D eigenvalue weighted by Gasteiger charge is 2.20. The molecule has 0 amide bonds. The summed E-state index contributed by atoms with van der Waals surface area (Å²) in [7, 11) is 0. The number of hydrogen-bond acceptors (Lipinski definition) is 3. The lowest BCUT2D eigenvalue weighted by Crippen LogP contribution is -1.94. The number of nitro benzene ring substituents is 1. The van der Waals surface area contributed by atoms with Crippen LogP contribution < -0.4 is 0 Å². The van der Waals surface area contributed by atoms with Crippen LogP contribution >= 0.6 is 0 Å². The van der Waals surface area contributed by atoms with Gasteiger partial charge in [0.15, 0.2) is 0 Å². The van der Waals surface area contributed by atoms with Crippen molar-refractivity contribution in [2.24, 2.45) is 0 Å². The monoisotopic (exact) mass is 257 g/mol. The summed E-state index contributed by atoms with van der Waals surface area (Å²) in [6.45, 7) is 0. The molecule has 0 spiro atoms. The second-order valence-electron chi connectivity index (χ2n) is 4.97. The summed E-state index contributed by atoms with van der Waals surface area (Å²) in [6.07, 6.45) is 6.77. The van der Waals surface area contributed by atoms with Crippen molar-refractivity contribution in [1.29, 1.82) is 0 Å². The van der Waals surface area contributed by atoms with Gasteiger partial charge in [-0.2, -0.15) is 0 Å². The number of benzene rings is 1. The van der Waals surface area contributed by atoms with Crippen molar-refractivity contribution in [3.63, 3.8) is 0 Å². The lowest BCUT2D eigenvalue weighted by molar-refractivity contribution is -0.384. The minimum absolute atomic E-state index is 0.110. The maximum Gasteiger partial charge on any atom is 0.269 e. The summed E-state index contributed by atoms with van der Waals surface area (Å²) in [6, 6.07) is 6.55. The van der Waals surface area contributed by atoms with Gasteiger partial charge in [-0.25, -0.2) is 4.98 Å². The first kappa shape index (κ1) is 11.9. The average molecular weight is 257 g/mol. The van der Waals surface area contributed by atoms with Gasteiger partial charge in [0.2, 0.25) is 0 Å². The molecule has 1 aromatic heterocycles. The number of aromatic nitrogens is 2. The zero-order valence-corrected chi connectivity index (χ0v) is 10.5. The Morgan fingerprint density at radius 2 is 1.89 bits per heavy atom. The highest BCUT2D eigenvalue weighted by molar-refractivity contribution is 5.60. The van der Waals surface area contributed by atoms with Crippen LogP contribution in [0.5, 0.6) is 0 Å². The molecule has 19 heavy (non-hydrogen) atoms. The van der Waals surface area contributed by atoms with Crippen LogP contribution in [0.4, 0.5) is 5.69 Å². The van der Waals surface area contributed by atoms with Gasteiger partial charge in [-0.15, -0.1) is 0 Å². The topological polar surface area (TPSA) is 71.8 Å². The molecule has 1 fully saturated rings. The third kappa shape index (κ3) is 2.36. The number of rotatable bonds is 3. The Bertz CT molecular complexity index is 583. The normalized spacial score (nSPS) is 15.8. The smallest absolute Gasteiger partial charge is 0.269 e. The van der Waals surface area contributed by atoms with Gasteiger partial charge in [-0.05, 0) is 25.0 Å². The summed E-state index contributed by atoms with van der Waals surface area (Å²) < 4.78 is 0. The van der Waals surface area contributed by atoms with E-state index in [1.165, 1.54) is 37.8 Å². The molecule has 0 radical (unpaired) electrons. The molecule has 3 rings (SSSR count). The van der Waals surface area contributed by atoms with E-state index in [9.17, 15) is 10.1 Å². The van der Waals surface area contributed by atoms with E-state index in [-0.39, 0.29) is 10.6 Å². The standard InChI is InChI=1S/C14H15N3O2/c18-17(19)12-7-5-10(6-8-12)13-9-15-14(16-13)11-3-1-2-4-11/h5-9,11H,1-4H2,(H,15,16). The van der Waals surface area contributed by atoms with Crippen molar-refractivity contribution in [3.05, 3.63) is 46.4 Å². The first-order valence-electron chi connectivity index (χ1n) is 6.54. The maximum absolute atomic E-state index is 10.6. The summed E-state index contributed by atoms with van der Waals surface area (Å²) in [5, 5.41) is 10.6. The zero-order chi connectivity index (χ0) is 13.2. The number of aromatic amines is 1. The molecule has 1 N–H and O–H groups in total. The van der Waals surface area contributed by atoms with Crippen LogP contribution in [0, 0.1) is 10.1 Å². The van der Waals surface area contributed by atoms with E-state index in [1.54, 1.807) is 12.1 Å². The molecule has 0 atom stereocenters. The zero-order valence-electron chi connectivity index (χ0n) is 10.5. The molecule has 0 aliphatic heterocycles. The minimum Gasteiger partial charge on any atom is -0.342 e. The molecule has 1 heterocycles. The minimum atomic E-state index is -0.388. The number of nitrogens with one attached hydrogen (secondary N) is 1. The molecule has 1 aromatic carbocycles. The lowest BCUT2D eigenvalue weighted by atomic mass is 10.1. The molecule has 0 bridgehead atoms. The Labute approximate surface area is 110 Å². The van der Waals surface area contributed by atoms with Crippen molar-refractivity contribution < 1.29 is 4.92 Å². The first-order chi connectivity index (χ1) is 9.24. The molecule has 5 nitrogen and oxygen atoms in total. The molecule has 0 unspecified atom stereocenters. The third-order valence-electron chi connectivity index (χ3n) is 3.73. The summed E-state index contributed by atoms with van der Waals surface area (Å²) >= 11 is 0. The van der Waals surface area contributed by atoms with E-state index < -0.39 is 0 Å². The number of nitrogens with zero attached hydrogens (tertiary/aromatic N) is 2. The Morgan fingerprint density at radius 3 is 2.53 bits per heavy atom. The molecule has 5 heteroatoms. The molecule has 0 saturated heterocycles. The SMILES string of the molecule is O=[N+]([O-])c1ccc(-c2cnc(C3CCCC3)[nH]2)cc1. The van der Waals surface area contributed by atoms with Gasteiger partial charge in [0.25, 0.3) is 5.69 Å². The fourth-order valence-electron chi connectivity index (χ4n) is 2.65. The van der Waals surface area contributed by atoms with Crippen molar-refractivity contribution in [3.8, 4) is 11.3 Å². The molecule has 1 saturated carbocycles. The predicted octanol–water partition coefficient (Wildman–Crippen LogP) is 3.64. The first-order valence-corrected chi connectivity index (χ1v) is 6.54. The number of hydrogen-bond donors (Lipinski definition) is 1. The van der Waals surface area contributed by atoms with E-state index in [0.29, 0.717) is 5.92 Å². The van der Waals surface area contributed by atoms with Gasteiger partial charge < -0.3 is 4.98 Å². The van der Waals surface area contributed by atoms with Crippen molar-refractivity contribution in [2.45, 2.75) is 31.6 Å². The molecular formula is C14H15N3O2. The van der Waals surface area contributed by atoms with E-state index >= 15 is 0 Å². The Balaban J connectivity index is 1.83. The Morgan fingerprint density at radius 1 is 1.21 bits per heavy atom. The number of non-ortho nitro benzene ring substituents is 1. The summed E-state index contributed by atoms with van der Waals surface area (Å²) in [4.78, 5) is 18.0. The van der Waals surface area contributed by atoms with E-state index in [1.807, 2.05) is 6.20 Å². The summed E-state index contributed by atoms with van der Waals surface area (Å²) in [5.41, 5.74) is 1.97. The van der Waals surface area contributed by atoms with Crippen LogP contribution in [0.1, 0.15) is 37.4 Å². The van der Waals surface area contributed by atoms with Crippen LogP contribution in [0.15, 0.2) is 30.5 Å². The molecule has 98 valence electrons. The second-order valence-corrected chi connectivity index (χ2v) is 4.97. The van der Waals surface area contributed by atoms with Gasteiger partial charge >= 0.3 is 0 Å². The third-order valence-corrected chi connectivity index (χ3v) is 3.73. The van der Waals surface area contributed by atoms with E-state index in [0.717, 1.165) is 17.1 Å². The number of imidazole rings is 1. The van der Waals surface area contributed by atoms with Gasteiger partial charge in [0.1, 0.15) is 5.82 Å². The molecular weight excluding hydrogens is 242 g/mol. The van der Waals surface area contributed by atoms with Crippen molar-refractivity contribution in [1.82, 2.24) is 9.97 Å². The quantitative estimate of drug-likeness (QED) is 0.674. The van der Waals surface area contributed by atoms with Gasteiger partial charge in [0, 0.05) is 23.6 Å². The maximum atomic E-state index is 10.6. The van der Waals surface area contributed by atoms with Crippen LogP contribution in [0.3, 0.4) is 0 Å². The largest absolute Gasteiger partial charge is 0.342 e. The molecule has 2 aromatic rings. The van der Waals surface area contributed by atoms with E-state index in [4.69, 9.17) is 0 Å². The van der Waals surface area contributed by atoms with E-state index in [2.05, 4.69) is 9.97 Å². The fourth-order valence-corrected chi connectivity index (χ4v) is 2.65. The number of H-pyrrole nitrogens is 1. The average Bonchev–Trinajstić information content (AvgIpc) is 3.10. The second kappa shape index (κ2) is 4.84. The Kier molecular flexibility index (Phi) is 3.03. The lowest BCUT2D eigenvalue weighted by Gasteiger charge is -2.03. The van der Waals surface area contributed by atoms with Gasteiger partial charge in [-0.3, -0.25) is 10.1 Å². The molecule has 1 aliphatic carbocycles. The Hall–Kier alpha value is -2.17. The predicted molar refractivity (Wildman–Crippen MR) is 71.9 cm³/mol. The highest BCUT2D eigenvalue weighted by Crippen LogP contribution is 2.33.